The number of hydrogen-bond donors (Lipinski definition) is 0. The number of ether oxygens (including phenoxy) is 1. The van der Waals surface area contributed by atoms with Gasteiger partial charge in [0.15, 0.2) is 5.82 Å². The average molecular weight is 327 g/mol. The van der Waals surface area contributed by atoms with Gasteiger partial charge in [-0.2, -0.15) is 4.98 Å². The van der Waals surface area contributed by atoms with E-state index < -0.39 is 0 Å². The number of hydrogen-bond acceptors (Lipinski definition) is 5. The number of fused-ring (bicyclic) bond motifs is 1. The molecule has 1 aliphatic carbocycles. The van der Waals surface area contributed by atoms with E-state index in [9.17, 15) is 0 Å². The molecule has 2 heterocycles. The zero-order valence-electron chi connectivity index (χ0n) is 14.4. The summed E-state index contributed by atoms with van der Waals surface area (Å²) < 4.78 is 11.1. The van der Waals surface area contributed by atoms with Crippen molar-refractivity contribution in [3.63, 3.8) is 0 Å². The van der Waals surface area contributed by atoms with Gasteiger partial charge in [0.2, 0.25) is 5.89 Å². The number of aromatic nitrogens is 2. The molecular weight excluding hydrogens is 302 g/mol. The lowest BCUT2D eigenvalue weighted by Gasteiger charge is -2.30. The summed E-state index contributed by atoms with van der Waals surface area (Å²) in [7, 11) is 1.79. The third-order valence-electron chi connectivity index (χ3n) is 5.47. The Balaban J connectivity index is 1.48. The molecule has 1 aromatic heterocycles. The Bertz CT molecular complexity index is 699. The van der Waals surface area contributed by atoms with E-state index >= 15 is 0 Å². The van der Waals surface area contributed by atoms with E-state index in [1.54, 1.807) is 7.11 Å². The van der Waals surface area contributed by atoms with Crippen molar-refractivity contribution in [1.29, 1.82) is 0 Å². The molecule has 2 aromatic rings. The van der Waals surface area contributed by atoms with Gasteiger partial charge >= 0.3 is 0 Å². The SMILES string of the molecule is CO[C@H]1C[C@H](c2nc(C)no2)N(C[C@H]2CCc3ccccc3C2)C1. The van der Waals surface area contributed by atoms with E-state index in [1.807, 2.05) is 6.92 Å². The normalized spacial score (nSPS) is 27.3. The van der Waals surface area contributed by atoms with Crippen molar-refractivity contribution in [2.45, 2.75) is 44.8 Å². The highest BCUT2D eigenvalue weighted by atomic mass is 16.5. The first kappa shape index (κ1) is 15.8. The van der Waals surface area contributed by atoms with Crippen LogP contribution in [0.25, 0.3) is 0 Å². The van der Waals surface area contributed by atoms with Gasteiger partial charge in [-0.1, -0.05) is 29.4 Å². The van der Waals surface area contributed by atoms with Crippen molar-refractivity contribution in [3.8, 4) is 0 Å². The van der Waals surface area contributed by atoms with Gasteiger partial charge in [0.1, 0.15) is 0 Å². The van der Waals surface area contributed by atoms with E-state index in [2.05, 4.69) is 39.3 Å². The van der Waals surface area contributed by atoms with Gasteiger partial charge < -0.3 is 9.26 Å². The summed E-state index contributed by atoms with van der Waals surface area (Å²) in [6, 6.07) is 9.04. The van der Waals surface area contributed by atoms with E-state index in [1.165, 1.54) is 30.4 Å². The minimum Gasteiger partial charge on any atom is -0.380 e. The molecule has 1 saturated heterocycles. The van der Waals surface area contributed by atoms with Crippen molar-refractivity contribution in [2.75, 3.05) is 20.2 Å². The Labute approximate surface area is 143 Å². The van der Waals surface area contributed by atoms with Crippen LogP contribution in [0.1, 0.15) is 41.7 Å². The summed E-state index contributed by atoms with van der Waals surface area (Å²) in [5, 5.41) is 3.97. The van der Waals surface area contributed by atoms with Gasteiger partial charge in [-0.3, -0.25) is 4.90 Å². The van der Waals surface area contributed by atoms with Crippen LogP contribution >= 0.6 is 0 Å². The standard InChI is InChI=1S/C19H25N3O2/c1-13-20-19(24-21-13)18-10-17(23-2)12-22(18)11-14-7-8-15-5-3-4-6-16(15)9-14/h3-6,14,17-18H,7-12H2,1-2H3/t14-,17-,18+/m0/s1. The second-order valence-electron chi connectivity index (χ2n) is 7.12. The van der Waals surface area contributed by atoms with Gasteiger partial charge in [-0.25, -0.2) is 0 Å². The molecule has 4 rings (SSSR count). The number of likely N-dealkylation sites (tertiary alicyclic amines) is 1. The Kier molecular flexibility index (Phi) is 4.37. The Hall–Kier alpha value is -1.72. The third-order valence-corrected chi connectivity index (χ3v) is 5.47. The zero-order chi connectivity index (χ0) is 16.5. The zero-order valence-corrected chi connectivity index (χ0v) is 14.4. The molecular formula is C19H25N3O2. The summed E-state index contributed by atoms with van der Waals surface area (Å²) in [6.07, 6.45) is 4.78. The fraction of sp³-hybridized carbons (Fsp3) is 0.579. The van der Waals surface area contributed by atoms with Crippen LogP contribution < -0.4 is 0 Å². The first-order valence-corrected chi connectivity index (χ1v) is 8.86. The Morgan fingerprint density at radius 3 is 2.88 bits per heavy atom. The first-order chi connectivity index (χ1) is 11.7. The number of aryl methyl sites for hydroxylation is 2. The molecule has 128 valence electrons. The maximum atomic E-state index is 5.61. The molecule has 3 atom stereocenters. The molecule has 1 fully saturated rings. The van der Waals surface area contributed by atoms with E-state index in [0.29, 0.717) is 11.7 Å². The number of benzene rings is 1. The quantitative estimate of drug-likeness (QED) is 0.864. The van der Waals surface area contributed by atoms with Crippen molar-refractivity contribution in [2.24, 2.45) is 5.92 Å². The summed E-state index contributed by atoms with van der Waals surface area (Å²) in [5.41, 5.74) is 3.04. The fourth-order valence-electron chi connectivity index (χ4n) is 4.20. The highest BCUT2D eigenvalue weighted by molar-refractivity contribution is 5.29. The molecule has 0 radical (unpaired) electrons. The van der Waals surface area contributed by atoms with Crippen LogP contribution in [0.15, 0.2) is 28.8 Å². The number of rotatable bonds is 4. The van der Waals surface area contributed by atoms with Gasteiger partial charge in [-0.05, 0) is 49.7 Å². The predicted octanol–water partition coefficient (Wildman–Crippen LogP) is 2.94. The Morgan fingerprint density at radius 2 is 2.12 bits per heavy atom. The molecule has 0 spiro atoms. The van der Waals surface area contributed by atoms with Crippen LogP contribution in [0.4, 0.5) is 0 Å². The van der Waals surface area contributed by atoms with Gasteiger partial charge in [-0.15, -0.1) is 0 Å². The maximum Gasteiger partial charge on any atom is 0.244 e. The van der Waals surface area contributed by atoms with Gasteiger partial charge in [0.05, 0.1) is 12.1 Å². The summed E-state index contributed by atoms with van der Waals surface area (Å²) in [5.74, 6) is 2.13. The lowest BCUT2D eigenvalue weighted by molar-refractivity contribution is 0.104. The molecule has 5 heteroatoms. The average Bonchev–Trinajstić information content (AvgIpc) is 3.20. The topological polar surface area (TPSA) is 51.4 Å². The van der Waals surface area contributed by atoms with Crippen molar-refractivity contribution < 1.29 is 9.26 Å². The van der Waals surface area contributed by atoms with Crippen LogP contribution in [0, 0.1) is 12.8 Å². The van der Waals surface area contributed by atoms with Crippen molar-refractivity contribution >= 4 is 0 Å². The molecule has 2 aliphatic rings. The van der Waals surface area contributed by atoms with Crippen LogP contribution in [0.5, 0.6) is 0 Å². The predicted molar refractivity (Wildman–Crippen MR) is 90.7 cm³/mol. The number of nitrogens with zero attached hydrogens (tertiary/aromatic N) is 3. The molecule has 0 saturated carbocycles. The second-order valence-corrected chi connectivity index (χ2v) is 7.12. The van der Waals surface area contributed by atoms with Crippen LogP contribution in [0.3, 0.4) is 0 Å². The van der Waals surface area contributed by atoms with E-state index in [4.69, 9.17) is 9.26 Å². The van der Waals surface area contributed by atoms with Gasteiger partial charge in [0, 0.05) is 20.2 Å². The highest BCUT2D eigenvalue weighted by Gasteiger charge is 2.38. The van der Waals surface area contributed by atoms with Crippen molar-refractivity contribution in [3.05, 3.63) is 47.1 Å². The molecule has 0 N–H and O–H groups in total. The largest absolute Gasteiger partial charge is 0.380 e. The van der Waals surface area contributed by atoms with E-state index in [-0.39, 0.29) is 12.1 Å². The third kappa shape index (κ3) is 3.10. The maximum absolute atomic E-state index is 5.61. The summed E-state index contributed by atoms with van der Waals surface area (Å²) in [4.78, 5) is 6.95. The van der Waals surface area contributed by atoms with Crippen LogP contribution in [0.2, 0.25) is 0 Å². The molecule has 24 heavy (non-hydrogen) atoms. The smallest absolute Gasteiger partial charge is 0.244 e. The monoisotopic (exact) mass is 327 g/mol. The molecule has 0 amide bonds. The van der Waals surface area contributed by atoms with Crippen LogP contribution in [-0.2, 0) is 17.6 Å². The van der Waals surface area contributed by atoms with Crippen LogP contribution in [-0.4, -0.2) is 41.3 Å². The lowest BCUT2D eigenvalue weighted by atomic mass is 9.83. The van der Waals surface area contributed by atoms with E-state index in [0.717, 1.165) is 25.4 Å². The second kappa shape index (κ2) is 6.65. The molecule has 5 nitrogen and oxygen atoms in total. The molecule has 0 unspecified atom stereocenters. The first-order valence-electron chi connectivity index (χ1n) is 8.86. The fourth-order valence-corrected chi connectivity index (χ4v) is 4.20. The summed E-state index contributed by atoms with van der Waals surface area (Å²) >= 11 is 0. The number of methoxy groups -OCH3 is 1. The molecule has 1 aromatic carbocycles. The lowest BCUT2D eigenvalue weighted by Crippen LogP contribution is -2.33. The summed E-state index contributed by atoms with van der Waals surface area (Å²) in [6.45, 7) is 3.89. The van der Waals surface area contributed by atoms with Crippen molar-refractivity contribution in [1.82, 2.24) is 15.0 Å². The minimum atomic E-state index is 0.188. The highest BCUT2D eigenvalue weighted by Crippen LogP contribution is 2.35. The Morgan fingerprint density at radius 1 is 1.29 bits per heavy atom. The van der Waals surface area contributed by atoms with Gasteiger partial charge in [0.25, 0.3) is 0 Å². The molecule has 0 bridgehead atoms. The minimum absolute atomic E-state index is 0.188. The molecule has 1 aliphatic heterocycles.